The Morgan fingerprint density at radius 3 is 1.58 bits per heavy atom. The van der Waals surface area contributed by atoms with Crippen molar-refractivity contribution in [1.29, 1.82) is 0 Å². The molecule has 0 saturated heterocycles. The molecule has 1 unspecified atom stereocenters. The van der Waals surface area contributed by atoms with Crippen LogP contribution in [0.3, 0.4) is 0 Å². The van der Waals surface area contributed by atoms with Crippen molar-refractivity contribution in [3.63, 3.8) is 0 Å². The van der Waals surface area contributed by atoms with Crippen molar-refractivity contribution in [3.05, 3.63) is 144 Å². The van der Waals surface area contributed by atoms with Crippen LogP contribution in [0.15, 0.2) is 99.4 Å². The molecule has 53 heavy (non-hydrogen) atoms. The third-order valence-corrected chi connectivity index (χ3v) is 18.9. The van der Waals surface area contributed by atoms with Gasteiger partial charge < -0.3 is 24.8 Å². The first-order valence-corrected chi connectivity index (χ1v) is 21.1. The van der Waals surface area contributed by atoms with E-state index in [4.69, 9.17) is 0 Å². The van der Waals surface area contributed by atoms with E-state index in [2.05, 4.69) is 91.8 Å². The van der Waals surface area contributed by atoms with Gasteiger partial charge in [-0.1, -0.05) is 0 Å². The van der Waals surface area contributed by atoms with Gasteiger partial charge in [-0.05, 0) is 0 Å². The second kappa shape index (κ2) is 15.1. The first kappa shape index (κ1) is 43.0. The van der Waals surface area contributed by atoms with Gasteiger partial charge in [0, 0.05) is 0 Å². The molecule has 6 rings (SSSR count). The van der Waals surface area contributed by atoms with Crippen LogP contribution in [0.4, 0.5) is 26.3 Å². The smallest absolute Gasteiger partial charge is 1.00 e. The molecular formula is C44H44Cl2F6Zr. The van der Waals surface area contributed by atoms with E-state index < -0.39 is 44.7 Å². The van der Waals surface area contributed by atoms with E-state index in [0.29, 0.717) is 20.8 Å². The molecule has 280 valence electrons. The molecule has 0 N–H and O–H groups in total. The number of hydrogen-bond donors (Lipinski definition) is 0. The maximum Gasteiger partial charge on any atom is -1.00 e. The van der Waals surface area contributed by atoms with Crippen LogP contribution in [0.2, 0.25) is 0 Å². The Balaban J connectivity index is 0.00000314. The Morgan fingerprint density at radius 1 is 0.623 bits per heavy atom. The summed E-state index contributed by atoms with van der Waals surface area (Å²) in [4.78, 5) is 0. The summed E-state index contributed by atoms with van der Waals surface area (Å²) in [5.41, 5.74) is 7.79. The van der Waals surface area contributed by atoms with Gasteiger partial charge in [-0.2, -0.15) is 0 Å². The molecule has 4 aromatic carbocycles. The Labute approximate surface area is 329 Å². The zero-order chi connectivity index (χ0) is 37.4. The second-order valence-corrected chi connectivity index (χ2v) is 21.9. The zero-order valence-electron chi connectivity index (χ0n) is 31.4. The maximum atomic E-state index is 14.3. The third-order valence-electron chi connectivity index (χ3n) is 10.4. The normalized spacial score (nSPS) is 15.5. The zero-order valence-corrected chi connectivity index (χ0v) is 35.4. The van der Waals surface area contributed by atoms with Crippen LogP contribution in [0.5, 0.6) is 0 Å². The van der Waals surface area contributed by atoms with Crippen molar-refractivity contribution in [2.75, 3.05) is 0 Å². The minimum atomic E-state index is -4.62. The van der Waals surface area contributed by atoms with Crippen molar-refractivity contribution in [3.8, 4) is 11.1 Å². The fourth-order valence-electron chi connectivity index (χ4n) is 7.52. The van der Waals surface area contributed by atoms with Gasteiger partial charge in [0.1, 0.15) is 0 Å². The molecule has 0 spiro atoms. The van der Waals surface area contributed by atoms with Crippen LogP contribution in [0.1, 0.15) is 107 Å². The van der Waals surface area contributed by atoms with Gasteiger partial charge in [0.05, 0.1) is 0 Å². The SMILES string of the molecule is CC1=CC(C)[C]([Zr+2](=[C](c2cccc(C(F)(F)F)c2)c2cccc(C(F)(F)F)c2)[c]2cc(C(C)(C)C)cc3c2Cc2ccc(C(C)(C)C)cc2-3)=C1C.[Cl-].[Cl-]. The number of hydrogen-bond acceptors (Lipinski definition) is 0. The summed E-state index contributed by atoms with van der Waals surface area (Å²) in [6, 6.07) is 21.6. The molecule has 0 heterocycles. The van der Waals surface area contributed by atoms with Crippen LogP contribution < -0.4 is 28.1 Å². The molecule has 2 aliphatic carbocycles. The van der Waals surface area contributed by atoms with Crippen LogP contribution in [0.25, 0.3) is 11.1 Å². The number of allylic oxidation sites excluding steroid dienone is 4. The predicted molar refractivity (Wildman–Crippen MR) is 193 cm³/mol. The van der Waals surface area contributed by atoms with Crippen LogP contribution >= 0.6 is 0 Å². The maximum absolute atomic E-state index is 14.3. The minimum Gasteiger partial charge on any atom is -1.00 e. The van der Waals surface area contributed by atoms with Gasteiger partial charge in [-0.25, -0.2) is 0 Å². The van der Waals surface area contributed by atoms with E-state index in [-0.39, 0.29) is 41.6 Å². The molecule has 0 nitrogen and oxygen atoms in total. The molecule has 0 amide bonds. The number of fused-ring (bicyclic) bond motifs is 3. The molecule has 1 atom stereocenters. The van der Waals surface area contributed by atoms with E-state index in [1.807, 2.05) is 6.92 Å². The second-order valence-electron chi connectivity index (χ2n) is 16.2. The van der Waals surface area contributed by atoms with Gasteiger partial charge in [-0.3, -0.25) is 0 Å². The summed E-state index contributed by atoms with van der Waals surface area (Å²) >= 11 is -3.74. The van der Waals surface area contributed by atoms with Gasteiger partial charge in [0.15, 0.2) is 0 Å². The first-order chi connectivity index (χ1) is 23.6. The summed E-state index contributed by atoms with van der Waals surface area (Å²) in [7, 11) is 0. The summed E-state index contributed by atoms with van der Waals surface area (Å²) < 4.78 is 88.9. The van der Waals surface area contributed by atoms with Crippen LogP contribution in [0, 0.1) is 5.92 Å². The predicted octanol–water partition coefficient (Wildman–Crippen LogP) is 6.28. The molecule has 0 fully saturated rings. The van der Waals surface area contributed by atoms with E-state index in [0.717, 1.165) is 60.9 Å². The van der Waals surface area contributed by atoms with E-state index in [9.17, 15) is 26.3 Å². The minimum absolute atomic E-state index is 0. The molecule has 0 bridgehead atoms. The number of alkyl halides is 6. The summed E-state index contributed by atoms with van der Waals surface area (Å²) in [5, 5.41) is 0. The van der Waals surface area contributed by atoms with Crippen LogP contribution in [-0.4, -0.2) is 3.21 Å². The molecule has 0 aromatic heterocycles. The third kappa shape index (κ3) is 8.43. The number of halogens is 8. The average molecular weight is 849 g/mol. The number of benzene rings is 4. The van der Waals surface area contributed by atoms with Crippen molar-refractivity contribution < 1.29 is 72.4 Å². The monoisotopic (exact) mass is 846 g/mol. The van der Waals surface area contributed by atoms with Crippen molar-refractivity contribution in [2.45, 2.75) is 91.9 Å². The van der Waals surface area contributed by atoms with Gasteiger partial charge in [0.25, 0.3) is 0 Å². The first-order valence-electron chi connectivity index (χ1n) is 17.4. The summed E-state index contributed by atoms with van der Waals surface area (Å²) in [6.45, 7) is 19.3. The molecular weight excluding hydrogens is 805 g/mol. The Hall–Kier alpha value is -2.73. The Kier molecular flexibility index (Phi) is 12.2. The van der Waals surface area contributed by atoms with E-state index in [1.54, 1.807) is 12.1 Å². The quantitative estimate of drug-likeness (QED) is 0.187. The molecule has 9 heteroatoms. The Bertz CT molecular complexity index is 2090. The van der Waals surface area contributed by atoms with Crippen molar-refractivity contribution in [2.24, 2.45) is 5.92 Å². The summed E-state index contributed by atoms with van der Waals surface area (Å²) in [5.74, 6) is -0.0174. The van der Waals surface area contributed by atoms with Gasteiger partial charge >= 0.3 is 307 Å². The van der Waals surface area contributed by atoms with Crippen molar-refractivity contribution >= 4 is 6.48 Å². The standard InChI is InChI=1S/C21H25.C15H8F6.C8H11.2ClH.Zr/c1-20(2,3)16-9-7-14-11-15-8-10-17(21(4,5)6)13-19(15)18(14)12-16;16-14(17,18)12-5-1-3-10(8-12)7-11-4-2-6-13(9-11)15(19,20)21;1-6-4-7(2)8(3)5-6;;;/h7,9-10,12-13H,11H2,1-6H3;1-6,8-9H;4,6H,1-3H3;2*1H;/q;;;;;+2/p-2. The average Bonchev–Trinajstić information content (AvgIpc) is 3.52. The van der Waals surface area contributed by atoms with Crippen molar-refractivity contribution in [1.82, 2.24) is 0 Å². The van der Waals surface area contributed by atoms with Gasteiger partial charge in [-0.15, -0.1) is 0 Å². The molecule has 4 aromatic rings. The fourth-order valence-corrected chi connectivity index (χ4v) is 16.5. The molecule has 0 aliphatic heterocycles. The number of rotatable bonds is 4. The van der Waals surface area contributed by atoms with E-state index >= 15 is 0 Å². The largest absolute Gasteiger partial charge is 1.00 e. The Morgan fingerprint density at radius 2 is 1.13 bits per heavy atom. The summed E-state index contributed by atoms with van der Waals surface area (Å²) in [6.07, 6.45) is -6.39. The van der Waals surface area contributed by atoms with E-state index in [1.165, 1.54) is 26.5 Å². The topological polar surface area (TPSA) is 0 Å². The molecule has 0 saturated carbocycles. The molecule has 0 radical (unpaired) electrons. The fraction of sp³-hybridized carbons (Fsp3) is 0.341. The van der Waals surface area contributed by atoms with Gasteiger partial charge in [0.2, 0.25) is 0 Å². The van der Waals surface area contributed by atoms with Crippen LogP contribution in [-0.2, 0) is 50.9 Å². The molecule has 2 aliphatic rings.